The van der Waals surface area contributed by atoms with Crippen LogP contribution in [0.25, 0.3) is 0 Å². The van der Waals surface area contributed by atoms with Gasteiger partial charge in [-0.25, -0.2) is 4.98 Å². The maximum Gasteiger partial charge on any atom is 0.416 e. The van der Waals surface area contributed by atoms with Crippen molar-refractivity contribution in [3.05, 3.63) is 57.8 Å². The van der Waals surface area contributed by atoms with Gasteiger partial charge >= 0.3 is 6.18 Å². The predicted molar refractivity (Wildman–Crippen MR) is 73.4 cm³/mol. The summed E-state index contributed by atoms with van der Waals surface area (Å²) in [5, 5.41) is 0. The minimum atomic E-state index is -4.52. The molecule has 0 atom stereocenters. The summed E-state index contributed by atoms with van der Waals surface area (Å²) in [4.78, 5) is 16.3. The maximum absolute atomic E-state index is 12.7. The van der Waals surface area contributed by atoms with Gasteiger partial charge in [-0.3, -0.25) is 4.79 Å². The highest BCUT2D eigenvalue weighted by atomic mass is 79.9. The van der Waals surface area contributed by atoms with Crippen LogP contribution in [-0.4, -0.2) is 17.9 Å². The van der Waals surface area contributed by atoms with Gasteiger partial charge < -0.3 is 4.74 Å². The average Bonchev–Trinajstić information content (AvgIpc) is 2.45. The molecule has 7 heteroatoms. The fourth-order valence-corrected chi connectivity index (χ4v) is 2.16. The molecule has 1 aromatic heterocycles. The number of ether oxygens (including phenoxy) is 1. The number of rotatable bonds is 3. The van der Waals surface area contributed by atoms with E-state index in [1.165, 1.54) is 25.4 Å². The summed E-state index contributed by atoms with van der Waals surface area (Å²) in [6.45, 7) is 0. The van der Waals surface area contributed by atoms with Gasteiger partial charge in [-0.2, -0.15) is 13.2 Å². The molecular weight excluding hydrogens is 351 g/mol. The fraction of sp³-hybridized carbons (Fsp3) is 0.143. The molecule has 0 unspecified atom stereocenters. The van der Waals surface area contributed by atoms with E-state index in [1.54, 1.807) is 6.07 Å². The van der Waals surface area contributed by atoms with Crippen molar-refractivity contribution in [2.75, 3.05) is 7.11 Å². The molecule has 0 N–H and O–H groups in total. The van der Waals surface area contributed by atoms with Crippen molar-refractivity contribution in [1.29, 1.82) is 0 Å². The number of carbonyl (C=O) groups excluding carboxylic acids is 1. The average molecular weight is 360 g/mol. The van der Waals surface area contributed by atoms with E-state index in [9.17, 15) is 18.0 Å². The summed E-state index contributed by atoms with van der Waals surface area (Å²) < 4.78 is 43.5. The van der Waals surface area contributed by atoms with Gasteiger partial charge in [-0.05, 0) is 30.3 Å². The van der Waals surface area contributed by atoms with Crippen LogP contribution in [-0.2, 0) is 6.18 Å². The van der Waals surface area contributed by atoms with Crippen molar-refractivity contribution in [2.45, 2.75) is 6.18 Å². The first kappa shape index (κ1) is 15.5. The van der Waals surface area contributed by atoms with Crippen LogP contribution in [0.1, 0.15) is 21.6 Å². The number of aromatic nitrogens is 1. The molecule has 0 amide bonds. The molecule has 0 fully saturated rings. The normalized spacial score (nSPS) is 11.3. The van der Waals surface area contributed by atoms with Gasteiger partial charge in [0.15, 0.2) is 5.69 Å². The number of pyridine rings is 1. The van der Waals surface area contributed by atoms with Gasteiger partial charge in [0.05, 0.1) is 12.7 Å². The van der Waals surface area contributed by atoms with Crippen LogP contribution < -0.4 is 4.74 Å². The van der Waals surface area contributed by atoms with E-state index in [1.807, 2.05) is 0 Å². The molecule has 1 heterocycles. The quantitative estimate of drug-likeness (QED) is 0.774. The first-order valence-corrected chi connectivity index (χ1v) is 6.54. The monoisotopic (exact) mass is 359 g/mol. The van der Waals surface area contributed by atoms with Crippen LogP contribution in [0.4, 0.5) is 13.2 Å². The summed E-state index contributed by atoms with van der Waals surface area (Å²) in [5.41, 5.74) is -1.06. The molecule has 0 bridgehead atoms. The highest BCUT2D eigenvalue weighted by molar-refractivity contribution is 9.10. The van der Waals surface area contributed by atoms with E-state index in [0.717, 1.165) is 12.1 Å². The highest BCUT2D eigenvalue weighted by Crippen LogP contribution is 2.33. The minimum Gasteiger partial charge on any atom is -0.494 e. The molecular formula is C14H9BrF3NO2. The summed E-state index contributed by atoms with van der Waals surface area (Å²) in [6.07, 6.45) is -3.15. The summed E-state index contributed by atoms with van der Waals surface area (Å²) >= 11 is 3.08. The SMILES string of the molecule is COc1cccnc1C(=O)c1cc(C(F)(F)F)ccc1Br. The minimum absolute atomic E-state index is 0.0416. The van der Waals surface area contributed by atoms with Crippen molar-refractivity contribution >= 4 is 21.7 Å². The van der Waals surface area contributed by atoms with E-state index >= 15 is 0 Å². The first-order chi connectivity index (χ1) is 9.84. The van der Waals surface area contributed by atoms with E-state index in [2.05, 4.69) is 20.9 Å². The number of carbonyl (C=O) groups is 1. The second-order valence-corrected chi connectivity index (χ2v) is 4.93. The Bertz CT molecular complexity index is 686. The molecule has 2 rings (SSSR count). The molecule has 0 aliphatic heterocycles. The fourth-order valence-electron chi connectivity index (χ4n) is 1.73. The largest absolute Gasteiger partial charge is 0.494 e. The number of hydrogen-bond donors (Lipinski definition) is 0. The third-order valence-corrected chi connectivity index (χ3v) is 3.44. The third kappa shape index (κ3) is 3.24. The molecule has 3 nitrogen and oxygen atoms in total. The van der Waals surface area contributed by atoms with E-state index in [0.29, 0.717) is 0 Å². The number of methoxy groups -OCH3 is 1. The zero-order chi connectivity index (χ0) is 15.6. The van der Waals surface area contributed by atoms with Crippen molar-refractivity contribution in [1.82, 2.24) is 4.98 Å². The number of alkyl halides is 3. The Morgan fingerprint density at radius 2 is 2.00 bits per heavy atom. The maximum atomic E-state index is 12.7. The molecule has 0 saturated heterocycles. The van der Waals surface area contributed by atoms with E-state index in [-0.39, 0.29) is 21.5 Å². The summed E-state index contributed by atoms with van der Waals surface area (Å²) in [7, 11) is 1.36. The van der Waals surface area contributed by atoms with Gasteiger partial charge in [-0.15, -0.1) is 0 Å². The Balaban J connectivity index is 2.53. The summed E-state index contributed by atoms with van der Waals surface area (Å²) in [6, 6.07) is 5.96. The Morgan fingerprint density at radius 3 is 2.62 bits per heavy atom. The molecule has 0 aliphatic rings. The van der Waals surface area contributed by atoms with Crippen LogP contribution in [0.3, 0.4) is 0 Å². The number of hydrogen-bond acceptors (Lipinski definition) is 3. The van der Waals surface area contributed by atoms with Crippen molar-refractivity contribution < 1.29 is 22.7 Å². The smallest absolute Gasteiger partial charge is 0.416 e. The van der Waals surface area contributed by atoms with E-state index < -0.39 is 17.5 Å². The molecule has 21 heavy (non-hydrogen) atoms. The standard InChI is InChI=1S/C14H9BrF3NO2/c1-21-11-3-2-6-19-12(11)13(20)9-7-8(14(16,17)18)4-5-10(9)15/h2-7H,1H3. The van der Waals surface area contributed by atoms with Crippen LogP contribution in [0.5, 0.6) is 5.75 Å². The lowest BCUT2D eigenvalue weighted by atomic mass is 10.0. The highest BCUT2D eigenvalue weighted by Gasteiger charge is 2.32. The van der Waals surface area contributed by atoms with Gasteiger partial charge in [-0.1, -0.05) is 15.9 Å². The van der Waals surface area contributed by atoms with Crippen LogP contribution in [0, 0.1) is 0 Å². The Hall–Kier alpha value is -1.89. The number of halogens is 4. The lowest BCUT2D eigenvalue weighted by Gasteiger charge is -2.11. The molecule has 0 saturated carbocycles. The second kappa shape index (κ2) is 5.85. The van der Waals surface area contributed by atoms with Crippen molar-refractivity contribution in [3.63, 3.8) is 0 Å². The Morgan fingerprint density at radius 1 is 1.29 bits per heavy atom. The molecule has 0 spiro atoms. The number of nitrogens with zero attached hydrogens (tertiary/aromatic N) is 1. The van der Waals surface area contributed by atoms with Crippen LogP contribution >= 0.6 is 15.9 Å². The molecule has 0 aliphatic carbocycles. The van der Waals surface area contributed by atoms with Gasteiger partial charge in [0.25, 0.3) is 0 Å². The second-order valence-electron chi connectivity index (χ2n) is 4.08. The zero-order valence-corrected chi connectivity index (χ0v) is 12.3. The number of benzene rings is 1. The summed E-state index contributed by atoms with van der Waals surface area (Å²) in [5.74, 6) is -0.447. The molecule has 2 aromatic rings. The lowest BCUT2D eigenvalue weighted by molar-refractivity contribution is -0.137. The zero-order valence-electron chi connectivity index (χ0n) is 10.7. The van der Waals surface area contributed by atoms with Gasteiger partial charge in [0, 0.05) is 16.2 Å². The topological polar surface area (TPSA) is 39.2 Å². The van der Waals surface area contributed by atoms with Crippen molar-refractivity contribution in [2.24, 2.45) is 0 Å². The Labute approximate surface area is 126 Å². The third-order valence-electron chi connectivity index (χ3n) is 2.74. The predicted octanol–water partition coefficient (Wildman–Crippen LogP) is 4.10. The molecule has 1 aromatic carbocycles. The van der Waals surface area contributed by atoms with Crippen LogP contribution in [0.2, 0.25) is 0 Å². The molecule has 0 radical (unpaired) electrons. The van der Waals surface area contributed by atoms with Crippen LogP contribution in [0.15, 0.2) is 41.0 Å². The van der Waals surface area contributed by atoms with Crippen molar-refractivity contribution in [3.8, 4) is 5.75 Å². The number of ketones is 1. The molecule has 110 valence electrons. The van der Waals surface area contributed by atoms with E-state index in [4.69, 9.17) is 4.74 Å². The first-order valence-electron chi connectivity index (χ1n) is 5.75. The lowest BCUT2D eigenvalue weighted by Crippen LogP contribution is -2.11. The Kier molecular flexibility index (Phi) is 4.32. The van der Waals surface area contributed by atoms with Gasteiger partial charge in [0.1, 0.15) is 5.75 Å². The van der Waals surface area contributed by atoms with Gasteiger partial charge in [0.2, 0.25) is 5.78 Å².